The Morgan fingerprint density at radius 2 is 1.19 bits per heavy atom. The summed E-state index contributed by atoms with van der Waals surface area (Å²) in [5.74, 6) is -1.19. The Morgan fingerprint density at radius 1 is 0.812 bits per heavy atom. The third kappa shape index (κ3) is 4.77. The lowest BCUT2D eigenvalue weighted by Gasteiger charge is -2.34. The molecule has 0 radical (unpaired) electrons. The zero-order valence-electron chi connectivity index (χ0n) is 8.79. The predicted octanol–water partition coefficient (Wildman–Crippen LogP) is 0.712. The number of rotatable bonds is 4. The van der Waals surface area contributed by atoms with E-state index in [4.69, 9.17) is 9.11 Å². The van der Waals surface area contributed by atoms with Crippen LogP contribution in [0.3, 0.4) is 0 Å². The minimum atomic E-state index is -4.23. The molecule has 2 N–H and O–H groups in total. The van der Waals surface area contributed by atoms with Crippen molar-refractivity contribution >= 4 is 20.2 Å². The molecule has 0 heterocycles. The van der Waals surface area contributed by atoms with Gasteiger partial charge in [-0.1, -0.05) is 19.3 Å². The molecule has 1 fully saturated rings. The predicted molar refractivity (Wildman–Crippen MR) is 58.3 cm³/mol. The number of hydrogen-bond donors (Lipinski definition) is 2. The van der Waals surface area contributed by atoms with Crippen molar-refractivity contribution in [2.45, 2.75) is 32.1 Å². The summed E-state index contributed by atoms with van der Waals surface area (Å²) in [5, 5.41) is 0. The van der Waals surface area contributed by atoms with Gasteiger partial charge in [0.1, 0.15) is 0 Å². The summed E-state index contributed by atoms with van der Waals surface area (Å²) in [6.45, 7) is 0. The smallest absolute Gasteiger partial charge is 0.265 e. The van der Waals surface area contributed by atoms with Gasteiger partial charge < -0.3 is 0 Å². The van der Waals surface area contributed by atoms with E-state index in [1.807, 2.05) is 0 Å². The van der Waals surface area contributed by atoms with Gasteiger partial charge in [0.05, 0.1) is 11.5 Å². The van der Waals surface area contributed by atoms with Crippen LogP contribution in [-0.4, -0.2) is 37.4 Å². The second kappa shape index (κ2) is 4.59. The lowest BCUT2D eigenvalue weighted by atomic mass is 9.77. The molecule has 0 spiro atoms. The molecule has 0 bridgehead atoms. The highest BCUT2D eigenvalue weighted by Crippen LogP contribution is 2.38. The molecule has 8 heteroatoms. The fourth-order valence-electron chi connectivity index (χ4n) is 2.41. The Bertz CT molecular complexity index is 393. The van der Waals surface area contributed by atoms with Gasteiger partial charge in [0.15, 0.2) is 0 Å². The second-order valence-corrected chi connectivity index (χ2v) is 7.42. The van der Waals surface area contributed by atoms with Crippen LogP contribution < -0.4 is 0 Å². The maximum atomic E-state index is 10.9. The van der Waals surface area contributed by atoms with Crippen molar-refractivity contribution < 1.29 is 25.9 Å². The van der Waals surface area contributed by atoms with Crippen molar-refractivity contribution in [3.63, 3.8) is 0 Å². The quantitative estimate of drug-likeness (QED) is 0.730. The molecule has 96 valence electrons. The summed E-state index contributed by atoms with van der Waals surface area (Å²) in [7, 11) is -8.46. The van der Waals surface area contributed by atoms with Crippen molar-refractivity contribution in [1.82, 2.24) is 0 Å². The third-order valence-electron chi connectivity index (χ3n) is 2.89. The van der Waals surface area contributed by atoms with E-state index in [0.717, 1.165) is 6.42 Å². The molecule has 0 aromatic heterocycles. The maximum Gasteiger partial charge on any atom is 0.265 e. The monoisotopic (exact) mass is 272 g/mol. The molecule has 0 saturated heterocycles. The molecule has 1 aliphatic rings. The molecule has 6 nitrogen and oxygen atoms in total. The lowest BCUT2D eigenvalue weighted by molar-refractivity contribution is 0.241. The molecular formula is C8H16O6S2. The van der Waals surface area contributed by atoms with Crippen LogP contribution in [0.2, 0.25) is 0 Å². The molecule has 0 atom stereocenters. The molecule has 1 saturated carbocycles. The van der Waals surface area contributed by atoms with E-state index >= 15 is 0 Å². The maximum absolute atomic E-state index is 10.9. The van der Waals surface area contributed by atoms with Crippen molar-refractivity contribution in [3.8, 4) is 0 Å². The molecular weight excluding hydrogens is 256 g/mol. The molecule has 16 heavy (non-hydrogen) atoms. The van der Waals surface area contributed by atoms with Crippen molar-refractivity contribution in [2.24, 2.45) is 5.41 Å². The van der Waals surface area contributed by atoms with E-state index in [1.165, 1.54) is 0 Å². The summed E-state index contributed by atoms with van der Waals surface area (Å²) in [6, 6.07) is 0. The Morgan fingerprint density at radius 3 is 1.50 bits per heavy atom. The Labute approximate surface area is 95.5 Å². The van der Waals surface area contributed by atoms with Gasteiger partial charge in [-0.2, -0.15) is 16.8 Å². The Kier molecular flexibility index (Phi) is 3.99. The molecule has 1 aliphatic carbocycles. The highest BCUT2D eigenvalue weighted by atomic mass is 32.2. The highest BCUT2D eigenvalue weighted by Gasteiger charge is 2.39. The number of hydrogen-bond acceptors (Lipinski definition) is 4. The molecule has 0 aromatic rings. The Hall–Kier alpha value is -0.180. The summed E-state index contributed by atoms with van der Waals surface area (Å²) >= 11 is 0. The van der Waals surface area contributed by atoms with E-state index in [2.05, 4.69) is 0 Å². The SMILES string of the molecule is O=S(=O)(O)CC1(CS(=O)(=O)O)CCCCC1. The van der Waals surface area contributed by atoms with Crippen LogP contribution in [0.25, 0.3) is 0 Å². The highest BCUT2D eigenvalue weighted by molar-refractivity contribution is 7.86. The second-order valence-electron chi connectivity index (χ2n) is 4.51. The van der Waals surface area contributed by atoms with Gasteiger partial charge in [0, 0.05) is 5.41 Å². The largest absolute Gasteiger partial charge is 0.286 e. The van der Waals surface area contributed by atoms with Crippen LogP contribution in [0.15, 0.2) is 0 Å². The Balaban J connectivity index is 2.92. The summed E-state index contributed by atoms with van der Waals surface area (Å²) < 4.78 is 61.1. The van der Waals surface area contributed by atoms with Gasteiger partial charge in [-0.25, -0.2) is 0 Å². The van der Waals surface area contributed by atoms with Crippen LogP contribution in [-0.2, 0) is 20.2 Å². The first-order chi connectivity index (χ1) is 7.12. The van der Waals surface area contributed by atoms with Gasteiger partial charge in [-0.3, -0.25) is 9.11 Å². The van der Waals surface area contributed by atoms with Gasteiger partial charge in [-0.15, -0.1) is 0 Å². The van der Waals surface area contributed by atoms with E-state index in [9.17, 15) is 16.8 Å². The van der Waals surface area contributed by atoms with Gasteiger partial charge in [-0.05, 0) is 12.8 Å². The van der Waals surface area contributed by atoms with Crippen LogP contribution in [0.4, 0.5) is 0 Å². The molecule has 0 aromatic carbocycles. The molecule has 0 aliphatic heterocycles. The van der Waals surface area contributed by atoms with Gasteiger partial charge >= 0.3 is 0 Å². The molecule has 0 amide bonds. The third-order valence-corrected chi connectivity index (χ3v) is 4.85. The van der Waals surface area contributed by atoms with E-state index < -0.39 is 37.2 Å². The average molecular weight is 272 g/mol. The van der Waals surface area contributed by atoms with Crippen molar-refractivity contribution in [2.75, 3.05) is 11.5 Å². The van der Waals surface area contributed by atoms with Crippen LogP contribution in [0.5, 0.6) is 0 Å². The van der Waals surface area contributed by atoms with Crippen LogP contribution in [0, 0.1) is 5.41 Å². The first-order valence-electron chi connectivity index (χ1n) is 5.02. The fraction of sp³-hybridized carbons (Fsp3) is 1.00. The van der Waals surface area contributed by atoms with Crippen LogP contribution in [0.1, 0.15) is 32.1 Å². The standard InChI is InChI=1S/C8H16O6S2/c9-15(10,11)6-8(7-16(12,13)14)4-2-1-3-5-8/h1-7H2,(H,9,10,11)(H,12,13,14). The summed E-state index contributed by atoms with van der Waals surface area (Å²) in [5.41, 5.74) is -1.03. The lowest BCUT2D eigenvalue weighted by Crippen LogP contribution is -2.38. The molecule has 0 unspecified atom stereocenters. The first kappa shape index (κ1) is 13.9. The first-order valence-corrected chi connectivity index (χ1v) is 8.24. The minimum absolute atomic E-state index is 0.395. The van der Waals surface area contributed by atoms with Crippen molar-refractivity contribution in [3.05, 3.63) is 0 Å². The summed E-state index contributed by atoms with van der Waals surface area (Å²) in [4.78, 5) is 0. The van der Waals surface area contributed by atoms with Gasteiger partial charge in [0.25, 0.3) is 20.2 Å². The zero-order valence-corrected chi connectivity index (χ0v) is 10.4. The zero-order chi connectivity index (χ0) is 12.4. The van der Waals surface area contributed by atoms with E-state index in [1.54, 1.807) is 0 Å². The molecule has 1 rings (SSSR count). The summed E-state index contributed by atoms with van der Waals surface area (Å²) in [6.07, 6.45) is 3.13. The van der Waals surface area contributed by atoms with Gasteiger partial charge in [0.2, 0.25) is 0 Å². The average Bonchev–Trinajstić information content (AvgIpc) is 1.97. The topological polar surface area (TPSA) is 109 Å². The normalized spacial score (nSPS) is 21.9. The fourth-order valence-corrected chi connectivity index (χ4v) is 4.86. The van der Waals surface area contributed by atoms with E-state index in [0.29, 0.717) is 25.7 Å². The van der Waals surface area contributed by atoms with Crippen molar-refractivity contribution in [1.29, 1.82) is 0 Å². The van der Waals surface area contributed by atoms with Crippen LogP contribution >= 0.6 is 0 Å². The van der Waals surface area contributed by atoms with E-state index in [-0.39, 0.29) is 0 Å². The minimum Gasteiger partial charge on any atom is -0.286 e.